The van der Waals surface area contributed by atoms with Gasteiger partial charge in [0, 0.05) is 44.5 Å². The first-order chi connectivity index (χ1) is 14.4. The van der Waals surface area contributed by atoms with Gasteiger partial charge in [-0.05, 0) is 45.2 Å². The lowest BCUT2D eigenvalue weighted by Crippen LogP contribution is -2.51. The molecule has 2 aliphatic rings. The molecule has 0 saturated carbocycles. The van der Waals surface area contributed by atoms with E-state index < -0.39 is 6.04 Å². The van der Waals surface area contributed by atoms with E-state index in [4.69, 9.17) is 0 Å². The van der Waals surface area contributed by atoms with Crippen molar-refractivity contribution < 1.29 is 9.59 Å². The maximum absolute atomic E-state index is 12.8. The van der Waals surface area contributed by atoms with Crippen molar-refractivity contribution in [2.75, 3.05) is 29.4 Å². The van der Waals surface area contributed by atoms with Gasteiger partial charge in [-0.1, -0.05) is 6.07 Å². The zero-order chi connectivity index (χ0) is 21.3. The first-order valence-electron chi connectivity index (χ1n) is 10.5. The highest BCUT2D eigenvalue weighted by Crippen LogP contribution is 2.22. The maximum atomic E-state index is 12.8. The van der Waals surface area contributed by atoms with E-state index in [0.29, 0.717) is 13.0 Å². The maximum Gasteiger partial charge on any atom is 0.315 e. The highest BCUT2D eigenvalue weighted by atomic mass is 16.2. The number of urea groups is 1. The number of nitrogens with zero attached hydrogens (tertiary/aromatic N) is 5. The third-order valence-corrected chi connectivity index (χ3v) is 5.79. The number of aryl methyl sites for hydroxylation is 3. The van der Waals surface area contributed by atoms with Crippen LogP contribution in [0.4, 0.5) is 16.4 Å². The van der Waals surface area contributed by atoms with Gasteiger partial charge >= 0.3 is 6.03 Å². The Kier molecular flexibility index (Phi) is 5.61. The summed E-state index contributed by atoms with van der Waals surface area (Å²) in [5.74, 6) is 1.66. The number of hydrogen-bond acceptors (Lipinski definition) is 5. The zero-order valence-corrected chi connectivity index (χ0v) is 17.8. The van der Waals surface area contributed by atoms with Crippen molar-refractivity contribution >= 4 is 23.6 Å². The van der Waals surface area contributed by atoms with E-state index in [9.17, 15) is 9.59 Å². The number of carbonyl (C=O) groups excluding carboxylic acids is 2. The molecule has 2 N–H and O–H groups in total. The Morgan fingerprint density at radius 2 is 1.83 bits per heavy atom. The van der Waals surface area contributed by atoms with Crippen molar-refractivity contribution in [3.05, 3.63) is 35.7 Å². The first kappa shape index (κ1) is 20.2. The molecule has 2 aromatic rings. The summed E-state index contributed by atoms with van der Waals surface area (Å²) in [7, 11) is 1.82. The van der Waals surface area contributed by atoms with E-state index in [1.165, 1.54) is 0 Å². The molecule has 2 aliphatic heterocycles. The number of hydrogen-bond donors (Lipinski definition) is 2. The summed E-state index contributed by atoms with van der Waals surface area (Å²) in [6, 6.07) is 7.23. The van der Waals surface area contributed by atoms with E-state index in [1.807, 2.05) is 45.2 Å². The van der Waals surface area contributed by atoms with Gasteiger partial charge < -0.3 is 15.5 Å². The second kappa shape index (κ2) is 8.33. The lowest BCUT2D eigenvalue weighted by atomic mass is 10.1. The van der Waals surface area contributed by atoms with E-state index in [-0.39, 0.29) is 18.0 Å². The smallest absolute Gasteiger partial charge is 0.315 e. The summed E-state index contributed by atoms with van der Waals surface area (Å²) in [5.41, 5.74) is 1.87. The molecule has 0 radical (unpaired) electrons. The van der Waals surface area contributed by atoms with Gasteiger partial charge in [0.1, 0.15) is 17.7 Å². The van der Waals surface area contributed by atoms with Gasteiger partial charge in [-0.2, -0.15) is 5.10 Å². The third kappa shape index (κ3) is 4.24. The second-order valence-electron chi connectivity index (χ2n) is 8.11. The van der Waals surface area contributed by atoms with Gasteiger partial charge in [0.05, 0.1) is 5.69 Å². The summed E-state index contributed by atoms with van der Waals surface area (Å²) in [6.45, 7) is 6.15. The topological polar surface area (TPSA) is 95.4 Å². The van der Waals surface area contributed by atoms with Gasteiger partial charge in [0.2, 0.25) is 0 Å². The van der Waals surface area contributed by atoms with Crippen molar-refractivity contribution in [1.29, 1.82) is 0 Å². The van der Waals surface area contributed by atoms with Gasteiger partial charge in [-0.25, -0.2) is 9.78 Å². The Morgan fingerprint density at radius 3 is 2.50 bits per heavy atom. The minimum atomic E-state index is -0.503. The fourth-order valence-corrected chi connectivity index (χ4v) is 4.23. The number of pyridine rings is 1. The molecular weight excluding hydrogens is 382 g/mol. The molecule has 0 spiro atoms. The van der Waals surface area contributed by atoms with Gasteiger partial charge in [-0.3, -0.25) is 14.4 Å². The molecule has 9 nitrogen and oxygen atoms in total. The van der Waals surface area contributed by atoms with Crippen molar-refractivity contribution in [3.8, 4) is 0 Å². The molecule has 160 valence electrons. The highest BCUT2D eigenvalue weighted by molar-refractivity contribution is 6.00. The molecule has 0 aromatic carbocycles. The fraction of sp³-hybridized carbons (Fsp3) is 0.524. The predicted molar refractivity (Wildman–Crippen MR) is 115 cm³/mol. The molecule has 4 rings (SSSR count). The van der Waals surface area contributed by atoms with Crippen LogP contribution in [0, 0.1) is 13.8 Å². The summed E-state index contributed by atoms with van der Waals surface area (Å²) in [4.78, 5) is 33.8. The van der Waals surface area contributed by atoms with E-state index >= 15 is 0 Å². The van der Waals surface area contributed by atoms with Crippen LogP contribution in [-0.2, 0) is 11.8 Å². The molecule has 1 unspecified atom stereocenters. The summed E-state index contributed by atoms with van der Waals surface area (Å²) in [6.07, 6.45) is 2.29. The van der Waals surface area contributed by atoms with Crippen LogP contribution in [0.15, 0.2) is 24.3 Å². The van der Waals surface area contributed by atoms with Crippen LogP contribution in [0.1, 0.15) is 30.7 Å². The van der Waals surface area contributed by atoms with Gasteiger partial charge in [0.15, 0.2) is 0 Å². The number of carbonyl (C=O) groups is 2. The van der Waals surface area contributed by atoms with Gasteiger partial charge in [-0.15, -0.1) is 0 Å². The Bertz CT molecular complexity index is 933. The number of amides is 3. The number of rotatable bonds is 4. The molecule has 2 saturated heterocycles. The van der Waals surface area contributed by atoms with E-state index in [0.717, 1.165) is 49.0 Å². The number of piperidine rings is 1. The molecule has 2 aromatic heterocycles. The van der Waals surface area contributed by atoms with Crippen LogP contribution in [0.3, 0.4) is 0 Å². The van der Waals surface area contributed by atoms with Crippen LogP contribution >= 0.6 is 0 Å². The Balaban J connectivity index is 1.26. The average Bonchev–Trinajstić information content (AvgIpc) is 3.23. The minimum absolute atomic E-state index is 0.0894. The van der Waals surface area contributed by atoms with Crippen LogP contribution in [0.2, 0.25) is 0 Å². The van der Waals surface area contributed by atoms with Gasteiger partial charge in [0.25, 0.3) is 5.91 Å². The lowest BCUT2D eigenvalue weighted by molar-refractivity contribution is -0.118. The monoisotopic (exact) mass is 411 g/mol. The minimum Gasteiger partial charge on any atom is -0.356 e. The van der Waals surface area contributed by atoms with Crippen LogP contribution < -0.4 is 20.4 Å². The predicted octanol–water partition coefficient (Wildman–Crippen LogP) is 1.51. The molecule has 0 bridgehead atoms. The summed E-state index contributed by atoms with van der Waals surface area (Å²) >= 11 is 0. The standard InChI is InChI=1S/C21H29N7O2/c1-14-5-4-6-18(22-14)27-10-7-16(8-11-27)23-21(30)24-17-9-12-28(20(17)29)19-13-15(2)25-26(19)3/h4-6,13,16-17H,7-12H2,1-3H3,(H2,23,24,30). The Labute approximate surface area is 176 Å². The molecular formula is C21H29N7O2. The normalized spacial score (nSPS) is 20.0. The summed E-state index contributed by atoms with van der Waals surface area (Å²) in [5, 5.41) is 10.2. The van der Waals surface area contributed by atoms with Crippen molar-refractivity contribution in [1.82, 2.24) is 25.4 Å². The molecule has 0 aliphatic carbocycles. The molecule has 2 fully saturated rings. The number of anilines is 2. The largest absolute Gasteiger partial charge is 0.356 e. The number of nitrogens with one attached hydrogen (secondary N) is 2. The third-order valence-electron chi connectivity index (χ3n) is 5.79. The Hall–Kier alpha value is -3.10. The summed E-state index contributed by atoms with van der Waals surface area (Å²) < 4.78 is 1.70. The fourth-order valence-electron chi connectivity index (χ4n) is 4.23. The first-order valence-corrected chi connectivity index (χ1v) is 10.5. The van der Waals surface area contributed by atoms with Crippen molar-refractivity contribution in [2.24, 2.45) is 7.05 Å². The van der Waals surface area contributed by atoms with Crippen LogP contribution in [0.5, 0.6) is 0 Å². The second-order valence-corrected chi connectivity index (χ2v) is 8.11. The van der Waals surface area contributed by atoms with E-state index in [2.05, 4.69) is 25.6 Å². The zero-order valence-electron chi connectivity index (χ0n) is 17.8. The lowest BCUT2D eigenvalue weighted by Gasteiger charge is -2.33. The Morgan fingerprint density at radius 1 is 1.07 bits per heavy atom. The quantitative estimate of drug-likeness (QED) is 0.795. The highest BCUT2D eigenvalue weighted by Gasteiger charge is 2.35. The SMILES string of the molecule is Cc1cccc(N2CCC(NC(=O)NC3CCN(c4cc(C)nn4C)C3=O)CC2)n1. The van der Waals surface area contributed by atoms with Crippen molar-refractivity contribution in [3.63, 3.8) is 0 Å². The number of aromatic nitrogens is 3. The molecule has 9 heteroatoms. The van der Waals surface area contributed by atoms with Crippen LogP contribution in [-0.4, -0.2) is 58.4 Å². The molecule has 4 heterocycles. The van der Waals surface area contributed by atoms with Crippen LogP contribution in [0.25, 0.3) is 0 Å². The van der Waals surface area contributed by atoms with E-state index in [1.54, 1.807) is 9.58 Å². The average molecular weight is 412 g/mol. The molecule has 1 atom stereocenters. The molecule has 30 heavy (non-hydrogen) atoms. The van der Waals surface area contributed by atoms with Crippen molar-refractivity contribution in [2.45, 2.75) is 45.2 Å². The molecule has 3 amide bonds.